The zero-order chi connectivity index (χ0) is 15.1. The van der Waals surface area contributed by atoms with Crippen LogP contribution in [-0.2, 0) is 14.3 Å². The van der Waals surface area contributed by atoms with Gasteiger partial charge in [0.2, 0.25) is 5.91 Å². The first kappa shape index (κ1) is 14.8. The van der Waals surface area contributed by atoms with E-state index in [1.54, 1.807) is 0 Å². The van der Waals surface area contributed by atoms with E-state index in [1.807, 2.05) is 0 Å². The van der Waals surface area contributed by atoms with E-state index in [1.165, 1.54) is 19.8 Å². The summed E-state index contributed by atoms with van der Waals surface area (Å²) in [6.07, 6.45) is 8.56. The Morgan fingerprint density at radius 2 is 1.90 bits per heavy atom. The van der Waals surface area contributed by atoms with Crippen molar-refractivity contribution in [2.75, 3.05) is 0 Å². The van der Waals surface area contributed by atoms with Crippen LogP contribution in [-0.4, -0.2) is 34.7 Å². The first-order valence-electron chi connectivity index (χ1n) is 8.16. The molecule has 21 heavy (non-hydrogen) atoms. The third-order valence-corrected chi connectivity index (χ3v) is 5.38. The normalized spacial score (nSPS) is 30.2. The van der Waals surface area contributed by atoms with Gasteiger partial charge in [-0.2, -0.15) is 0 Å². The van der Waals surface area contributed by atoms with Gasteiger partial charge in [0.15, 0.2) is 0 Å². The number of hydrogen-bond acceptors (Lipinski definition) is 3. The molecule has 3 rings (SSSR count). The molecule has 1 spiro atoms. The fraction of sp³-hybridized carbons (Fsp3) is 0.875. The van der Waals surface area contributed by atoms with Crippen molar-refractivity contribution in [3.8, 4) is 0 Å². The molecule has 2 aliphatic carbocycles. The highest BCUT2D eigenvalue weighted by Crippen LogP contribution is 2.45. The highest BCUT2D eigenvalue weighted by molar-refractivity contribution is 6.01. The molecule has 3 aliphatic rings. The van der Waals surface area contributed by atoms with Crippen LogP contribution >= 0.6 is 0 Å². The van der Waals surface area contributed by atoms with Gasteiger partial charge in [0, 0.05) is 6.04 Å². The maximum atomic E-state index is 12.3. The van der Waals surface area contributed by atoms with Gasteiger partial charge in [0.1, 0.15) is 5.41 Å². The number of carboxylic acids is 1. The molecule has 0 aromatic rings. The van der Waals surface area contributed by atoms with E-state index in [4.69, 9.17) is 4.74 Å². The minimum absolute atomic E-state index is 0.0168. The second kappa shape index (κ2) is 5.27. The Kier molecular flexibility index (Phi) is 3.72. The molecule has 5 nitrogen and oxygen atoms in total. The summed E-state index contributed by atoms with van der Waals surface area (Å²) in [5.41, 5.74) is -1.39. The summed E-state index contributed by atoms with van der Waals surface area (Å²) in [6, 6.07) is 0.182. The maximum Gasteiger partial charge on any atom is 0.319 e. The van der Waals surface area contributed by atoms with Crippen LogP contribution in [0.4, 0.5) is 0 Å². The summed E-state index contributed by atoms with van der Waals surface area (Å²) in [4.78, 5) is 24.0. The van der Waals surface area contributed by atoms with Crippen LogP contribution in [0.1, 0.15) is 64.7 Å². The molecule has 1 amide bonds. The molecule has 0 bridgehead atoms. The second-order valence-corrected chi connectivity index (χ2v) is 7.26. The number of amides is 1. The number of hydrogen-bond donors (Lipinski definition) is 2. The summed E-state index contributed by atoms with van der Waals surface area (Å²) >= 11 is 0. The summed E-state index contributed by atoms with van der Waals surface area (Å²) in [7, 11) is 0. The van der Waals surface area contributed by atoms with Crippen LogP contribution in [0.25, 0.3) is 0 Å². The van der Waals surface area contributed by atoms with E-state index < -0.39 is 11.4 Å². The first-order valence-corrected chi connectivity index (χ1v) is 8.16. The molecule has 3 fully saturated rings. The summed E-state index contributed by atoms with van der Waals surface area (Å²) in [5.74, 6) is -1.40. The van der Waals surface area contributed by atoms with Gasteiger partial charge in [-0.05, 0) is 51.9 Å². The minimum atomic E-state index is -1.38. The van der Waals surface area contributed by atoms with Crippen LogP contribution in [0.2, 0.25) is 0 Å². The number of carbonyl (C=O) groups excluding carboxylic acids is 1. The van der Waals surface area contributed by atoms with Crippen LogP contribution in [0.3, 0.4) is 0 Å². The van der Waals surface area contributed by atoms with E-state index in [0.717, 1.165) is 38.5 Å². The Bertz CT molecular complexity index is 440. The topological polar surface area (TPSA) is 75.6 Å². The number of rotatable bonds is 5. The van der Waals surface area contributed by atoms with Gasteiger partial charge in [0.25, 0.3) is 0 Å². The Morgan fingerprint density at radius 3 is 2.48 bits per heavy atom. The van der Waals surface area contributed by atoms with E-state index in [0.29, 0.717) is 0 Å². The zero-order valence-corrected chi connectivity index (χ0v) is 12.7. The average Bonchev–Trinajstić information content (AvgIpc) is 2.99. The van der Waals surface area contributed by atoms with Gasteiger partial charge < -0.3 is 15.2 Å². The van der Waals surface area contributed by atoms with E-state index in [-0.39, 0.29) is 30.1 Å². The van der Waals surface area contributed by atoms with Crippen molar-refractivity contribution >= 4 is 11.9 Å². The molecular formula is C16H25NO4. The number of carbonyl (C=O) groups is 2. The molecule has 1 saturated heterocycles. The molecule has 0 aromatic heterocycles. The van der Waals surface area contributed by atoms with E-state index in [2.05, 4.69) is 5.32 Å². The Labute approximate surface area is 125 Å². The molecule has 0 radical (unpaired) electrons. The van der Waals surface area contributed by atoms with Crippen LogP contribution in [0.15, 0.2) is 0 Å². The van der Waals surface area contributed by atoms with E-state index >= 15 is 0 Å². The zero-order valence-electron chi connectivity index (χ0n) is 12.7. The van der Waals surface area contributed by atoms with Crippen LogP contribution in [0.5, 0.6) is 0 Å². The molecule has 2 unspecified atom stereocenters. The highest BCUT2D eigenvalue weighted by Gasteiger charge is 2.49. The molecule has 5 heteroatoms. The van der Waals surface area contributed by atoms with Gasteiger partial charge in [0.05, 0.1) is 11.7 Å². The standard InChI is InChI=1S/C16H25NO4/c1-15(14(19)20,13(18)17-11-4-5-11)10-12-6-9-16(21-12)7-2-3-8-16/h11-12H,2-10H2,1H3,(H,17,18)(H,19,20). The van der Waals surface area contributed by atoms with Gasteiger partial charge in [-0.15, -0.1) is 0 Å². The van der Waals surface area contributed by atoms with Crippen LogP contribution < -0.4 is 5.32 Å². The predicted molar refractivity (Wildman–Crippen MR) is 76.8 cm³/mol. The lowest BCUT2D eigenvalue weighted by Gasteiger charge is -2.29. The fourth-order valence-electron chi connectivity index (χ4n) is 3.73. The molecular weight excluding hydrogens is 270 g/mol. The van der Waals surface area contributed by atoms with Gasteiger partial charge >= 0.3 is 5.97 Å². The van der Waals surface area contributed by atoms with Crippen molar-refractivity contribution < 1.29 is 19.4 Å². The van der Waals surface area contributed by atoms with Crippen molar-refractivity contribution in [1.82, 2.24) is 5.32 Å². The molecule has 1 heterocycles. The van der Waals surface area contributed by atoms with Gasteiger partial charge in [-0.3, -0.25) is 9.59 Å². The highest BCUT2D eigenvalue weighted by atomic mass is 16.5. The van der Waals surface area contributed by atoms with Crippen molar-refractivity contribution in [1.29, 1.82) is 0 Å². The number of ether oxygens (including phenoxy) is 1. The van der Waals surface area contributed by atoms with Crippen molar-refractivity contribution in [2.24, 2.45) is 5.41 Å². The number of aliphatic carboxylic acids is 1. The number of nitrogens with one attached hydrogen (secondary N) is 1. The summed E-state index contributed by atoms with van der Waals surface area (Å²) in [6.45, 7) is 1.54. The molecule has 2 N–H and O–H groups in total. The third-order valence-electron chi connectivity index (χ3n) is 5.38. The number of carboxylic acid groups (broad SMARTS) is 1. The Morgan fingerprint density at radius 1 is 1.24 bits per heavy atom. The maximum absolute atomic E-state index is 12.3. The van der Waals surface area contributed by atoms with Gasteiger partial charge in [-0.25, -0.2) is 0 Å². The lowest BCUT2D eigenvalue weighted by Crippen LogP contribution is -2.47. The first-order chi connectivity index (χ1) is 9.93. The van der Waals surface area contributed by atoms with Crippen molar-refractivity contribution in [2.45, 2.75) is 82.5 Å². The predicted octanol–water partition coefficient (Wildman–Crippen LogP) is 2.24. The molecule has 0 aromatic carbocycles. The quantitative estimate of drug-likeness (QED) is 0.763. The Hall–Kier alpha value is -1.10. The van der Waals surface area contributed by atoms with Crippen molar-refractivity contribution in [3.63, 3.8) is 0 Å². The monoisotopic (exact) mass is 295 g/mol. The largest absolute Gasteiger partial charge is 0.480 e. The lowest BCUT2D eigenvalue weighted by molar-refractivity contribution is -0.158. The third kappa shape index (κ3) is 2.93. The van der Waals surface area contributed by atoms with Crippen molar-refractivity contribution in [3.05, 3.63) is 0 Å². The second-order valence-electron chi connectivity index (χ2n) is 7.26. The molecule has 2 atom stereocenters. The smallest absolute Gasteiger partial charge is 0.319 e. The Balaban J connectivity index is 1.64. The lowest BCUT2D eigenvalue weighted by atomic mass is 9.82. The molecule has 2 saturated carbocycles. The van der Waals surface area contributed by atoms with E-state index in [9.17, 15) is 14.7 Å². The summed E-state index contributed by atoms with van der Waals surface area (Å²) < 4.78 is 6.18. The van der Waals surface area contributed by atoms with Gasteiger partial charge in [-0.1, -0.05) is 12.8 Å². The summed E-state index contributed by atoms with van der Waals surface area (Å²) in [5, 5.41) is 12.4. The fourth-order valence-corrected chi connectivity index (χ4v) is 3.73. The average molecular weight is 295 g/mol. The molecule has 1 aliphatic heterocycles. The minimum Gasteiger partial charge on any atom is -0.480 e. The molecule has 118 valence electrons. The van der Waals surface area contributed by atoms with Crippen LogP contribution in [0, 0.1) is 5.41 Å². The SMILES string of the molecule is CC(CC1CCC2(CCCC2)O1)(C(=O)O)C(=O)NC1CC1.